The molecule has 518 valence electrons. The van der Waals surface area contributed by atoms with E-state index in [0.717, 1.165) is 80.9 Å². The number of amides is 1. The van der Waals surface area contributed by atoms with Crippen LogP contribution >= 0.6 is 0 Å². The lowest BCUT2D eigenvalue weighted by Crippen LogP contribution is -2.45. The van der Waals surface area contributed by atoms with Crippen LogP contribution in [0.2, 0.25) is 0 Å². The molecule has 3 rings (SSSR count). The van der Waals surface area contributed by atoms with Crippen LogP contribution in [0, 0.1) is 11.8 Å². The molecule has 13 nitrogen and oxygen atoms in total. The highest BCUT2D eigenvalue weighted by Gasteiger charge is 2.37. The SMILES string of the molecule is CCCCCCCCN(CCOCCOCCOCCOCCOC(c1ccccc1)(c1ccccc1)c1ccccc1)C(=O)C(COCCCCCC(=O)OCCC(CCCCC)CCCCC)OCCCCCC(=O)OCCC(CCCCC)CCCCC. The summed E-state index contributed by atoms with van der Waals surface area (Å²) in [5, 5.41) is 0. The molecule has 0 N–H and O–H groups in total. The second kappa shape index (κ2) is 57.3. The van der Waals surface area contributed by atoms with Gasteiger partial charge in [0.25, 0.3) is 5.91 Å². The first-order chi connectivity index (χ1) is 44.8. The Kier molecular flexibility index (Phi) is 51.0. The molecule has 0 aliphatic rings. The van der Waals surface area contributed by atoms with Crippen molar-refractivity contribution in [2.24, 2.45) is 11.8 Å². The van der Waals surface area contributed by atoms with E-state index < -0.39 is 11.7 Å². The zero-order valence-corrected chi connectivity index (χ0v) is 58.2. The zero-order chi connectivity index (χ0) is 65.2. The van der Waals surface area contributed by atoms with E-state index in [0.29, 0.717) is 130 Å². The minimum Gasteiger partial charge on any atom is -0.466 e. The van der Waals surface area contributed by atoms with Gasteiger partial charge in [0.15, 0.2) is 6.10 Å². The molecule has 1 atom stereocenters. The molecule has 91 heavy (non-hydrogen) atoms. The number of esters is 2. The fourth-order valence-electron chi connectivity index (χ4n) is 11.8. The quantitative estimate of drug-likeness (QED) is 0.0302. The lowest BCUT2D eigenvalue weighted by atomic mass is 9.80. The number of unbranched alkanes of at least 4 members (excludes halogenated alkanes) is 17. The average Bonchev–Trinajstić information content (AvgIpc) is 0.795. The fraction of sp³-hybridized carbons (Fsp3) is 0.731. The highest BCUT2D eigenvalue weighted by atomic mass is 16.6. The van der Waals surface area contributed by atoms with Crippen LogP contribution in [0.1, 0.15) is 257 Å². The summed E-state index contributed by atoms with van der Waals surface area (Å²) < 4.78 is 54.5. The average molecular weight is 1270 g/mol. The van der Waals surface area contributed by atoms with Crippen molar-refractivity contribution >= 4 is 17.8 Å². The van der Waals surface area contributed by atoms with Crippen LogP contribution in [0.5, 0.6) is 0 Å². The fourth-order valence-corrected chi connectivity index (χ4v) is 11.8. The third kappa shape index (κ3) is 39.3. The molecule has 0 spiro atoms. The van der Waals surface area contributed by atoms with Crippen LogP contribution in [0.3, 0.4) is 0 Å². The minimum absolute atomic E-state index is 0.0892. The van der Waals surface area contributed by atoms with E-state index in [-0.39, 0.29) is 24.5 Å². The van der Waals surface area contributed by atoms with Crippen molar-refractivity contribution in [3.05, 3.63) is 108 Å². The van der Waals surface area contributed by atoms with Crippen molar-refractivity contribution in [2.75, 3.05) is 106 Å². The number of hydrogen-bond donors (Lipinski definition) is 0. The molecule has 0 radical (unpaired) electrons. The molecule has 0 fully saturated rings. The first-order valence-corrected chi connectivity index (χ1v) is 36.7. The third-order valence-corrected chi connectivity index (χ3v) is 17.3. The Morgan fingerprint density at radius 2 is 0.725 bits per heavy atom. The maximum atomic E-state index is 14.5. The van der Waals surface area contributed by atoms with Gasteiger partial charge in [0.1, 0.15) is 5.60 Å². The highest BCUT2D eigenvalue weighted by molar-refractivity contribution is 5.81. The summed E-state index contributed by atoms with van der Waals surface area (Å²) in [7, 11) is 0. The van der Waals surface area contributed by atoms with E-state index in [1.807, 2.05) is 59.5 Å². The predicted molar refractivity (Wildman–Crippen MR) is 371 cm³/mol. The van der Waals surface area contributed by atoms with Crippen LogP contribution in [-0.4, -0.2) is 134 Å². The minimum atomic E-state index is -0.789. The van der Waals surface area contributed by atoms with Gasteiger partial charge in [-0.3, -0.25) is 14.4 Å². The maximum Gasteiger partial charge on any atom is 0.305 e. The van der Waals surface area contributed by atoms with E-state index in [1.165, 1.54) is 122 Å². The lowest BCUT2D eigenvalue weighted by molar-refractivity contribution is -0.149. The van der Waals surface area contributed by atoms with Crippen molar-refractivity contribution in [1.29, 1.82) is 0 Å². The summed E-state index contributed by atoms with van der Waals surface area (Å²) in [5.74, 6) is 0.934. The van der Waals surface area contributed by atoms with E-state index in [2.05, 4.69) is 71.0 Å². The molecule has 1 amide bonds. The summed E-state index contributed by atoms with van der Waals surface area (Å²) in [6.45, 7) is 18.0. The molecule has 1 unspecified atom stereocenters. The van der Waals surface area contributed by atoms with Gasteiger partial charge in [-0.05, 0) is 73.5 Å². The number of carbonyl (C=O) groups is 3. The Morgan fingerprint density at radius 3 is 1.16 bits per heavy atom. The molecule has 0 saturated carbocycles. The van der Waals surface area contributed by atoms with Gasteiger partial charge in [-0.15, -0.1) is 0 Å². The molecule has 13 heteroatoms. The first-order valence-electron chi connectivity index (χ1n) is 36.7. The second-order valence-corrected chi connectivity index (χ2v) is 25.0. The third-order valence-electron chi connectivity index (χ3n) is 17.3. The first kappa shape index (κ1) is 81.0. The number of ether oxygens (including phenoxy) is 9. The van der Waals surface area contributed by atoms with Crippen molar-refractivity contribution < 1.29 is 57.0 Å². The molecule has 0 heterocycles. The molecule has 0 aliphatic heterocycles. The summed E-state index contributed by atoms with van der Waals surface area (Å²) in [6, 6.07) is 31.0. The van der Waals surface area contributed by atoms with E-state index in [1.54, 1.807) is 0 Å². The Hall–Kier alpha value is -4.21. The number of rotatable bonds is 64. The van der Waals surface area contributed by atoms with E-state index in [9.17, 15) is 14.4 Å². The van der Waals surface area contributed by atoms with Gasteiger partial charge in [0, 0.05) is 39.1 Å². The Bertz CT molecular complexity index is 2000. The maximum absolute atomic E-state index is 14.5. The molecular weight excluding hydrogens is 1140 g/mol. The molecule has 3 aromatic rings. The second-order valence-electron chi connectivity index (χ2n) is 25.0. The Labute approximate surface area is 554 Å². The predicted octanol–water partition coefficient (Wildman–Crippen LogP) is 18.2. The summed E-state index contributed by atoms with van der Waals surface area (Å²) in [5.41, 5.74) is 2.37. The Morgan fingerprint density at radius 1 is 0.352 bits per heavy atom. The van der Waals surface area contributed by atoms with E-state index >= 15 is 0 Å². The van der Waals surface area contributed by atoms with Gasteiger partial charge in [-0.2, -0.15) is 0 Å². The highest BCUT2D eigenvalue weighted by Crippen LogP contribution is 2.40. The summed E-state index contributed by atoms with van der Waals surface area (Å²) in [6.07, 6.45) is 33.1. The number of nitrogens with zero attached hydrogens (tertiary/aromatic N) is 1. The molecule has 0 aliphatic carbocycles. The van der Waals surface area contributed by atoms with Gasteiger partial charge >= 0.3 is 11.9 Å². The van der Waals surface area contributed by atoms with Crippen molar-refractivity contribution in [2.45, 2.75) is 252 Å². The van der Waals surface area contributed by atoms with Crippen molar-refractivity contribution in [1.82, 2.24) is 4.90 Å². The molecular formula is C78H129NO12. The number of benzene rings is 3. The van der Waals surface area contributed by atoms with Gasteiger partial charge in [-0.25, -0.2) is 0 Å². The smallest absolute Gasteiger partial charge is 0.305 e. The largest absolute Gasteiger partial charge is 0.466 e. The molecule has 0 bridgehead atoms. The van der Waals surface area contributed by atoms with Crippen LogP contribution in [0.15, 0.2) is 91.0 Å². The monoisotopic (exact) mass is 1270 g/mol. The van der Waals surface area contributed by atoms with Gasteiger partial charge in [0.2, 0.25) is 0 Å². The lowest BCUT2D eigenvalue weighted by Gasteiger charge is -2.36. The standard InChI is InChI=1S/C78H129NO12/c1-6-11-16-17-18-36-53-79(54-59-83-60-61-84-62-63-85-64-65-86-66-67-91-78(71-43-28-19-29-44-71,72-45-30-20-31-46-72)73-47-32-21-33-48-73)77(82)74(88-56-38-23-35-50-76(81)90-58-52-70(41-26-14-9-4)42-27-15-10-5)68-87-55-37-22-34-49-75(80)89-57-51-69(39-24-12-7-2)40-25-13-8-3/h19-21,28-33,43-48,69-70,74H,6-18,22-27,34-42,49-68H2,1-5H3. The molecule has 0 saturated heterocycles. The van der Waals surface area contributed by atoms with Crippen LogP contribution in [0.4, 0.5) is 0 Å². The van der Waals surface area contributed by atoms with Gasteiger partial charge in [-0.1, -0.05) is 273 Å². The number of carbonyl (C=O) groups excluding carboxylic acids is 3. The van der Waals surface area contributed by atoms with Crippen LogP contribution in [-0.2, 0) is 62.6 Å². The normalized spacial score (nSPS) is 12.1. The van der Waals surface area contributed by atoms with Gasteiger partial charge < -0.3 is 47.5 Å². The van der Waals surface area contributed by atoms with Crippen molar-refractivity contribution in [3.8, 4) is 0 Å². The van der Waals surface area contributed by atoms with Crippen LogP contribution < -0.4 is 0 Å². The summed E-state index contributed by atoms with van der Waals surface area (Å²) >= 11 is 0. The zero-order valence-electron chi connectivity index (χ0n) is 58.2. The van der Waals surface area contributed by atoms with Crippen LogP contribution in [0.25, 0.3) is 0 Å². The summed E-state index contributed by atoms with van der Waals surface area (Å²) in [4.78, 5) is 41.8. The van der Waals surface area contributed by atoms with E-state index in [4.69, 9.17) is 42.6 Å². The van der Waals surface area contributed by atoms with Crippen molar-refractivity contribution in [3.63, 3.8) is 0 Å². The number of hydrogen-bond acceptors (Lipinski definition) is 12. The molecule has 0 aromatic heterocycles. The molecule has 3 aromatic carbocycles. The van der Waals surface area contributed by atoms with Gasteiger partial charge in [0.05, 0.1) is 79.3 Å². The Balaban J connectivity index is 1.46. The topological polar surface area (TPSA) is 138 Å².